The van der Waals surface area contributed by atoms with Gasteiger partial charge in [-0.25, -0.2) is 4.98 Å². The number of aromatic nitrogens is 2. The van der Waals surface area contributed by atoms with E-state index in [0.29, 0.717) is 6.61 Å². The molecule has 0 unspecified atom stereocenters. The molecular formula is C22H19N3O2. The van der Waals surface area contributed by atoms with Crippen molar-refractivity contribution in [1.29, 1.82) is 0 Å². The number of fused-ring (bicyclic) bond motifs is 1. The Bertz CT molecular complexity index is 1120. The third-order valence-corrected chi connectivity index (χ3v) is 4.40. The second-order valence-electron chi connectivity index (χ2n) is 6.09. The van der Waals surface area contributed by atoms with E-state index < -0.39 is 0 Å². The van der Waals surface area contributed by atoms with Gasteiger partial charge in [-0.15, -0.1) is 0 Å². The van der Waals surface area contributed by atoms with Gasteiger partial charge in [-0.2, -0.15) is 0 Å². The number of oxime groups is 1. The molecule has 4 aromatic rings. The van der Waals surface area contributed by atoms with Crippen LogP contribution in [0.25, 0.3) is 27.8 Å². The molecule has 27 heavy (non-hydrogen) atoms. The fourth-order valence-electron chi connectivity index (χ4n) is 3.19. The number of hydrogen-bond donors (Lipinski definition) is 1. The molecule has 1 N–H and O–H groups in total. The predicted molar refractivity (Wildman–Crippen MR) is 107 cm³/mol. The van der Waals surface area contributed by atoms with Crippen molar-refractivity contribution >= 4 is 17.2 Å². The molecule has 0 bridgehead atoms. The lowest BCUT2D eigenvalue weighted by Gasteiger charge is -2.12. The van der Waals surface area contributed by atoms with E-state index in [4.69, 9.17) is 9.94 Å². The van der Waals surface area contributed by atoms with Crippen LogP contribution in [0.5, 0.6) is 5.75 Å². The van der Waals surface area contributed by atoms with E-state index in [1.807, 2.05) is 54.0 Å². The van der Waals surface area contributed by atoms with Gasteiger partial charge >= 0.3 is 0 Å². The first kappa shape index (κ1) is 16.8. The van der Waals surface area contributed by atoms with Crippen LogP contribution in [-0.4, -0.2) is 27.6 Å². The number of ether oxygens (including phenoxy) is 1. The van der Waals surface area contributed by atoms with E-state index >= 15 is 0 Å². The molecule has 1 aromatic heterocycles. The first-order chi connectivity index (χ1) is 13.3. The number of nitrogens with zero attached hydrogens (tertiary/aromatic N) is 3. The average molecular weight is 357 g/mol. The lowest BCUT2D eigenvalue weighted by molar-refractivity contribution is 0.322. The van der Waals surface area contributed by atoms with Gasteiger partial charge in [0.05, 0.1) is 23.9 Å². The number of para-hydroxylation sites is 1. The molecular weight excluding hydrogens is 338 g/mol. The van der Waals surface area contributed by atoms with Crippen molar-refractivity contribution in [3.63, 3.8) is 0 Å². The van der Waals surface area contributed by atoms with Gasteiger partial charge in [0.15, 0.2) is 0 Å². The first-order valence-corrected chi connectivity index (χ1v) is 8.77. The molecule has 0 spiro atoms. The fraction of sp³-hybridized carbons (Fsp3) is 0.0909. The molecule has 5 heteroatoms. The summed E-state index contributed by atoms with van der Waals surface area (Å²) in [6, 6.07) is 22.1. The maximum atomic E-state index is 8.71. The van der Waals surface area contributed by atoms with Crippen LogP contribution in [0.2, 0.25) is 0 Å². The highest BCUT2D eigenvalue weighted by Crippen LogP contribution is 2.31. The molecule has 0 saturated carbocycles. The van der Waals surface area contributed by atoms with Gasteiger partial charge in [-0.3, -0.25) is 4.57 Å². The topological polar surface area (TPSA) is 59.6 Å². The third-order valence-electron chi connectivity index (χ3n) is 4.40. The minimum absolute atomic E-state index is 0.627. The van der Waals surface area contributed by atoms with E-state index in [1.165, 1.54) is 6.21 Å². The monoisotopic (exact) mass is 357 g/mol. The molecule has 0 fully saturated rings. The highest BCUT2D eigenvalue weighted by Gasteiger charge is 2.09. The van der Waals surface area contributed by atoms with Crippen LogP contribution in [0.1, 0.15) is 12.5 Å². The lowest BCUT2D eigenvalue weighted by atomic mass is 10.0. The van der Waals surface area contributed by atoms with Gasteiger partial charge in [-0.1, -0.05) is 41.6 Å². The van der Waals surface area contributed by atoms with E-state index in [-0.39, 0.29) is 0 Å². The van der Waals surface area contributed by atoms with Crippen molar-refractivity contribution in [1.82, 2.24) is 9.55 Å². The van der Waals surface area contributed by atoms with Crippen LogP contribution in [-0.2, 0) is 0 Å². The quantitative estimate of drug-likeness (QED) is 0.314. The molecule has 0 aliphatic heterocycles. The van der Waals surface area contributed by atoms with Crippen LogP contribution >= 0.6 is 0 Å². The number of rotatable bonds is 5. The Morgan fingerprint density at radius 3 is 2.81 bits per heavy atom. The predicted octanol–water partition coefficient (Wildman–Crippen LogP) is 4.90. The molecule has 3 aromatic carbocycles. The molecule has 0 saturated heterocycles. The summed E-state index contributed by atoms with van der Waals surface area (Å²) in [6.07, 6.45) is 3.20. The Kier molecular flexibility index (Phi) is 4.58. The van der Waals surface area contributed by atoms with E-state index in [1.54, 1.807) is 6.33 Å². The summed E-state index contributed by atoms with van der Waals surface area (Å²) in [5.41, 5.74) is 5.79. The van der Waals surface area contributed by atoms with Gasteiger partial charge in [0.1, 0.15) is 12.1 Å². The normalized spacial score (nSPS) is 11.3. The largest absolute Gasteiger partial charge is 0.493 e. The lowest BCUT2D eigenvalue weighted by Crippen LogP contribution is -1.95. The van der Waals surface area contributed by atoms with Crippen molar-refractivity contribution < 1.29 is 9.94 Å². The maximum absolute atomic E-state index is 8.71. The van der Waals surface area contributed by atoms with Crippen LogP contribution in [0, 0.1) is 0 Å². The third kappa shape index (κ3) is 3.27. The van der Waals surface area contributed by atoms with Crippen molar-refractivity contribution in [3.05, 3.63) is 78.6 Å². The van der Waals surface area contributed by atoms with Gasteiger partial charge < -0.3 is 9.94 Å². The number of benzene rings is 3. The second kappa shape index (κ2) is 7.33. The van der Waals surface area contributed by atoms with Crippen LogP contribution in [0.15, 0.2) is 78.2 Å². The average Bonchev–Trinajstić information content (AvgIpc) is 3.12. The maximum Gasteiger partial charge on any atom is 0.127 e. The summed E-state index contributed by atoms with van der Waals surface area (Å²) in [7, 11) is 0. The molecule has 5 nitrogen and oxygen atoms in total. The van der Waals surface area contributed by atoms with E-state index in [9.17, 15) is 0 Å². The Morgan fingerprint density at radius 2 is 1.96 bits per heavy atom. The number of imidazole rings is 1. The van der Waals surface area contributed by atoms with E-state index in [0.717, 1.165) is 39.2 Å². The van der Waals surface area contributed by atoms with Gasteiger partial charge in [0, 0.05) is 11.3 Å². The summed E-state index contributed by atoms with van der Waals surface area (Å²) in [5, 5.41) is 11.8. The van der Waals surface area contributed by atoms with Crippen molar-refractivity contribution in [2.45, 2.75) is 6.92 Å². The Balaban J connectivity index is 1.79. The van der Waals surface area contributed by atoms with Gasteiger partial charge in [0.25, 0.3) is 0 Å². The highest BCUT2D eigenvalue weighted by atomic mass is 16.5. The van der Waals surface area contributed by atoms with Crippen LogP contribution in [0.3, 0.4) is 0 Å². The molecule has 0 atom stereocenters. The molecule has 4 rings (SSSR count). The van der Waals surface area contributed by atoms with E-state index in [2.05, 4.69) is 34.4 Å². The molecule has 0 aliphatic carbocycles. The Labute approximate surface area is 157 Å². The molecule has 0 aliphatic rings. The smallest absolute Gasteiger partial charge is 0.127 e. The molecule has 0 radical (unpaired) electrons. The summed E-state index contributed by atoms with van der Waals surface area (Å²) < 4.78 is 7.82. The van der Waals surface area contributed by atoms with Gasteiger partial charge in [0.2, 0.25) is 0 Å². The fourth-order valence-corrected chi connectivity index (χ4v) is 3.19. The Hall–Kier alpha value is -3.60. The zero-order chi connectivity index (χ0) is 18.6. The van der Waals surface area contributed by atoms with Crippen molar-refractivity contribution in [2.75, 3.05) is 6.61 Å². The van der Waals surface area contributed by atoms with Crippen LogP contribution in [0.4, 0.5) is 0 Å². The van der Waals surface area contributed by atoms with Crippen molar-refractivity contribution in [2.24, 2.45) is 5.16 Å². The number of hydrogen-bond acceptors (Lipinski definition) is 4. The summed E-state index contributed by atoms with van der Waals surface area (Å²) >= 11 is 0. The summed E-state index contributed by atoms with van der Waals surface area (Å²) in [4.78, 5) is 4.48. The zero-order valence-electron chi connectivity index (χ0n) is 14.9. The zero-order valence-corrected chi connectivity index (χ0v) is 14.9. The van der Waals surface area contributed by atoms with Crippen LogP contribution < -0.4 is 4.74 Å². The second-order valence-corrected chi connectivity index (χ2v) is 6.09. The van der Waals surface area contributed by atoms with Crippen molar-refractivity contribution in [3.8, 4) is 22.6 Å². The minimum Gasteiger partial charge on any atom is -0.493 e. The molecule has 134 valence electrons. The van der Waals surface area contributed by atoms with Gasteiger partial charge in [-0.05, 0) is 48.4 Å². The first-order valence-electron chi connectivity index (χ1n) is 8.77. The summed E-state index contributed by atoms with van der Waals surface area (Å²) in [6.45, 7) is 2.61. The summed E-state index contributed by atoms with van der Waals surface area (Å²) in [5.74, 6) is 0.876. The molecule has 1 heterocycles. The standard InChI is InChI=1S/C22H19N3O2/c1-2-27-22-9-4-3-8-19(22)17-6-5-7-18(13-17)25-15-23-20-12-16(14-24-26)10-11-21(20)25/h3-15,26H,2H2,1H3/b24-14+. The Morgan fingerprint density at radius 1 is 1.07 bits per heavy atom. The highest BCUT2D eigenvalue weighted by molar-refractivity contribution is 5.87. The molecule has 0 amide bonds. The minimum atomic E-state index is 0.627. The SMILES string of the molecule is CCOc1ccccc1-c1cccc(-n2cnc3cc(/C=N/O)ccc32)c1.